The van der Waals surface area contributed by atoms with Crippen molar-refractivity contribution >= 4 is 17.9 Å². The Morgan fingerprint density at radius 2 is 2.10 bits per heavy atom. The van der Waals surface area contributed by atoms with Gasteiger partial charge in [0, 0.05) is 5.56 Å². The summed E-state index contributed by atoms with van der Waals surface area (Å²) in [6.45, 7) is 0.148. The Labute approximate surface area is 120 Å². The number of halogens is 2. The second-order valence-corrected chi connectivity index (χ2v) is 4.43. The van der Waals surface area contributed by atoms with Crippen LogP contribution in [-0.4, -0.2) is 6.29 Å². The van der Waals surface area contributed by atoms with Gasteiger partial charge in [0.15, 0.2) is 0 Å². The first-order valence-corrected chi connectivity index (χ1v) is 6.08. The van der Waals surface area contributed by atoms with Gasteiger partial charge in [-0.3, -0.25) is 4.79 Å². The van der Waals surface area contributed by atoms with E-state index in [0.29, 0.717) is 28.2 Å². The maximum absolute atomic E-state index is 13.2. The molecule has 0 unspecified atom stereocenters. The molecule has 3 nitrogen and oxygen atoms in total. The van der Waals surface area contributed by atoms with Crippen molar-refractivity contribution in [3.63, 3.8) is 0 Å². The molecule has 2 aromatic rings. The van der Waals surface area contributed by atoms with E-state index in [2.05, 4.69) is 0 Å². The quantitative estimate of drug-likeness (QED) is 0.806. The van der Waals surface area contributed by atoms with Crippen LogP contribution in [-0.2, 0) is 6.61 Å². The predicted molar refractivity (Wildman–Crippen MR) is 72.3 cm³/mol. The number of ether oxygens (including phenoxy) is 1. The number of rotatable bonds is 4. The molecule has 0 fully saturated rings. The second-order valence-electron chi connectivity index (χ2n) is 4.02. The zero-order valence-electron chi connectivity index (χ0n) is 10.3. The summed E-state index contributed by atoms with van der Waals surface area (Å²) in [4.78, 5) is 10.6. The van der Waals surface area contributed by atoms with Crippen LogP contribution in [0.2, 0.25) is 5.02 Å². The molecule has 2 aromatic carbocycles. The van der Waals surface area contributed by atoms with Gasteiger partial charge in [0.05, 0.1) is 10.6 Å². The molecule has 2 rings (SSSR count). The van der Waals surface area contributed by atoms with Crippen molar-refractivity contribution < 1.29 is 13.9 Å². The number of carbonyl (C=O) groups is 1. The maximum atomic E-state index is 13.2. The van der Waals surface area contributed by atoms with Crippen molar-refractivity contribution in [3.8, 4) is 11.8 Å². The van der Waals surface area contributed by atoms with Gasteiger partial charge in [-0.05, 0) is 35.9 Å². The first kappa shape index (κ1) is 14.0. The van der Waals surface area contributed by atoms with E-state index in [9.17, 15) is 9.18 Å². The van der Waals surface area contributed by atoms with E-state index in [1.807, 2.05) is 0 Å². The average Bonchev–Trinajstić information content (AvgIpc) is 2.47. The second kappa shape index (κ2) is 6.18. The highest BCUT2D eigenvalue weighted by Gasteiger charge is 2.06. The SMILES string of the molecule is N#Cc1cc(COc2ccc(C=O)cc2Cl)ccc1F. The number of benzene rings is 2. The lowest BCUT2D eigenvalue weighted by Gasteiger charge is -2.08. The van der Waals surface area contributed by atoms with E-state index < -0.39 is 5.82 Å². The Bertz CT molecular complexity index is 695. The van der Waals surface area contributed by atoms with Crippen LogP contribution in [0.3, 0.4) is 0 Å². The van der Waals surface area contributed by atoms with Crippen LogP contribution in [0.15, 0.2) is 36.4 Å². The molecule has 0 radical (unpaired) electrons. The molecular formula is C15H9ClFNO2. The Balaban J connectivity index is 2.13. The molecule has 100 valence electrons. The van der Waals surface area contributed by atoms with Gasteiger partial charge in [-0.25, -0.2) is 4.39 Å². The van der Waals surface area contributed by atoms with E-state index in [1.54, 1.807) is 18.2 Å². The van der Waals surface area contributed by atoms with E-state index in [1.165, 1.54) is 24.3 Å². The van der Waals surface area contributed by atoms with Gasteiger partial charge in [0.2, 0.25) is 0 Å². The van der Waals surface area contributed by atoms with Gasteiger partial charge in [0.25, 0.3) is 0 Å². The lowest BCUT2D eigenvalue weighted by molar-refractivity contribution is 0.112. The summed E-state index contributed by atoms with van der Waals surface area (Å²) in [5.74, 6) is -0.148. The molecule has 5 heteroatoms. The zero-order valence-corrected chi connectivity index (χ0v) is 11.0. The molecule has 0 aliphatic carbocycles. The summed E-state index contributed by atoms with van der Waals surface area (Å²) in [5.41, 5.74) is 1.07. The summed E-state index contributed by atoms with van der Waals surface area (Å²) in [6, 6.07) is 10.6. The van der Waals surface area contributed by atoms with E-state index in [4.69, 9.17) is 21.6 Å². The van der Waals surface area contributed by atoms with Gasteiger partial charge < -0.3 is 4.74 Å². The first-order valence-electron chi connectivity index (χ1n) is 5.70. The molecule has 0 bridgehead atoms. The molecule has 0 saturated carbocycles. The predicted octanol–water partition coefficient (Wildman–Crippen LogP) is 3.74. The molecule has 0 atom stereocenters. The lowest BCUT2D eigenvalue weighted by Crippen LogP contribution is -1.98. The molecule has 0 aliphatic heterocycles. The Hall–Kier alpha value is -2.38. The van der Waals surface area contributed by atoms with Crippen molar-refractivity contribution in [2.45, 2.75) is 6.61 Å². The third-order valence-electron chi connectivity index (χ3n) is 2.64. The monoisotopic (exact) mass is 289 g/mol. The highest BCUT2D eigenvalue weighted by atomic mass is 35.5. The average molecular weight is 290 g/mol. The topological polar surface area (TPSA) is 50.1 Å². The maximum Gasteiger partial charge on any atom is 0.150 e. The Morgan fingerprint density at radius 1 is 1.30 bits per heavy atom. The number of nitrogens with zero attached hydrogens (tertiary/aromatic N) is 1. The van der Waals surface area contributed by atoms with Gasteiger partial charge >= 0.3 is 0 Å². The van der Waals surface area contributed by atoms with Crippen LogP contribution in [0.25, 0.3) is 0 Å². The van der Waals surface area contributed by atoms with Gasteiger partial charge in [-0.1, -0.05) is 17.7 Å². The minimum atomic E-state index is -0.565. The van der Waals surface area contributed by atoms with Crippen molar-refractivity contribution in [1.29, 1.82) is 5.26 Å². The third-order valence-corrected chi connectivity index (χ3v) is 2.93. The number of hydrogen-bond acceptors (Lipinski definition) is 3. The fourth-order valence-electron chi connectivity index (χ4n) is 1.62. The summed E-state index contributed by atoms with van der Waals surface area (Å²) < 4.78 is 18.6. The molecule has 0 heterocycles. The Morgan fingerprint density at radius 3 is 2.75 bits per heavy atom. The molecule has 0 aliphatic rings. The minimum absolute atomic E-state index is 0.0338. The van der Waals surface area contributed by atoms with Crippen LogP contribution in [0, 0.1) is 17.1 Å². The summed E-state index contributed by atoms with van der Waals surface area (Å²) >= 11 is 5.96. The zero-order chi connectivity index (χ0) is 14.5. The highest BCUT2D eigenvalue weighted by Crippen LogP contribution is 2.26. The van der Waals surface area contributed by atoms with Gasteiger partial charge in [-0.15, -0.1) is 0 Å². The third kappa shape index (κ3) is 3.14. The van der Waals surface area contributed by atoms with Crippen molar-refractivity contribution in [2.24, 2.45) is 0 Å². The van der Waals surface area contributed by atoms with Crippen LogP contribution < -0.4 is 4.74 Å². The summed E-state index contributed by atoms with van der Waals surface area (Å²) in [5, 5.41) is 9.06. The summed E-state index contributed by atoms with van der Waals surface area (Å²) in [7, 11) is 0. The fraction of sp³-hybridized carbons (Fsp3) is 0.0667. The fourth-order valence-corrected chi connectivity index (χ4v) is 1.86. The molecule has 0 spiro atoms. The van der Waals surface area contributed by atoms with Crippen molar-refractivity contribution in [1.82, 2.24) is 0 Å². The number of nitriles is 1. The standard InChI is InChI=1S/C15H9ClFNO2/c16-13-6-10(8-19)2-4-15(13)20-9-11-1-3-14(17)12(5-11)7-18/h1-6,8H,9H2. The van der Waals surface area contributed by atoms with Gasteiger partial charge in [0.1, 0.15) is 30.5 Å². The smallest absolute Gasteiger partial charge is 0.150 e. The largest absolute Gasteiger partial charge is 0.487 e. The normalized spacial score (nSPS) is 9.85. The van der Waals surface area contributed by atoms with E-state index >= 15 is 0 Å². The number of carbonyl (C=O) groups excluding carboxylic acids is 1. The van der Waals surface area contributed by atoms with Crippen LogP contribution in [0.4, 0.5) is 4.39 Å². The molecule has 20 heavy (non-hydrogen) atoms. The highest BCUT2D eigenvalue weighted by molar-refractivity contribution is 6.32. The first-order chi connectivity index (χ1) is 9.63. The van der Waals surface area contributed by atoms with E-state index in [-0.39, 0.29) is 12.2 Å². The number of hydrogen-bond donors (Lipinski definition) is 0. The van der Waals surface area contributed by atoms with Crippen LogP contribution in [0.5, 0.6) is 5.75 Å². The van der Waals surface area contributed by atoms with Crippen LogP contribution >= 0.6 is 11.6 Å². The van der Waals surface area contributed by atoms with E-state index in [0.717, 1.165) is 0 Å². The Kier molecular flexibility index (Phi) is 4.34. The van der Waals surface area contributed by atoms with Crippen molar-refractivity contribution in [3.05, 3.63) is 63.9 Å². The molecule has 0 aromatic heterocycles. The molecule has 0 saturated heterocycles. The lowest BCUT2D eigenvalue weighted by atomic mass is 10.1. The molecule has 0 amide bonds. The van der Waals surface area contributed by atoms with Crippen molar-refractivity contribution in [2.75, 3.05) is 0 Å². The number of aldehydes is 1. The molecular weight excluding hydrogens is 281 g/mol. The van der Waals surface area contributed by atoms with Gasteiger partial charge in [-0.2, -0.15) is 5.26 Å². The summed E-state index contributed by atoms with van der Waals surface area (Å²) in [6.07, 6.45) is 0.689. The minimum Gasteiger partial charge on any atom is -0.487 e. The van der Waals surface area contributed by atoms with Crippen LogP contribution in [0.1, 0.15) is 21.5 Å². The molecule has 0 N–H and O–H groups in total.